The van der Waals surface area contributed by atoms with Gasteiger partial charge in [-0.1, -0.05) is 23.2 Å². The molecule has 0 bridgehead atoms. The van der Waals surface area contributed by atoms with Crippen molar-refractivity contribution in [2.45, 2.75) is 12.3 Å². The Morgan fingerprint density at radius 3 is 2.71 bits per heavy atom. The molecule has 1 aliphatic rings. The van der Waals surface area contributed by atoms with Gasteiger partial charge >= 0.3 is 5.69 Å². The van der Waals surface area contributed by atoms with Crippen LogP contribution in [0, 0.1) is 15.9 Å². The van der Waals surface area contributed by atoms with Gasteiger partial charge in [0.05, 0.1) is 4.92 Å². The van der Waals surface area contributed by atoms with Crippen molar-refractivity contribution >= 4 is 28.9 Å². The van der Waals surface area contributed by atoms with Gasteiger partial charge in [0.25, 0.3) is 0 Å². The average molecular weight is 279 g/mol. The fourth-order valence-electron chi connectivity index (χ4n) is 1.99. The summed E-state index contributed by atoms with van der Waals surface area (Å²) in [5.41, 5.74) is -0.0968. The van der Waals surface area contributed by atoms with Crippen LogP contribution in [-0.4, -0.2) is 18.0 Å². The number of halogens is 3. The van der Waals surface area contributed by atoms with Crippen LogP contribution in [0.15, 0.2) is 6.07 Å². The van der Waals surface area contributed by atoms with Gasteiger partial charge in [-0.05, 0) is 30.5 Å². The molecule has 0 saturated carbocycles. The van der Waals surface area contributed by atoms with E-state index in [2.05, 4.69) is 5.32 Å². The maximum absolute atomic E-state index is 13.5. The highest BCUT2D eigenvalue weighted by molar-refractivity contribution is 6.38. The number of benzene rings is 1. The lowest BCUT2D eigenvalue weighted by Gasteiger charge is -2.12. The molecule has 1 saturated heterocycles. The highest BCUT2D eigenvalue weighted by Crippen LogP contribution is 2.41. The Kier molecular flexibility index (Phi) is 3.51. The van der Waals surface area contributed by atoms with Crippen molar-refractivity contribution in [3.8, 4) is 0 Å². The minimum Gasteiger partial charge on any atom is -0.316 e. The van der Waals surface area contributed by atoms with Gasteiger partial charge in [-0.25, -0.2) is 4.39 Å². The SMILES string of the molecule is O=[N+]([O-])c1c(Cl)c(F)cc(C2CCNC2)c1Cl. The molecule has 1 unspecified atom stereocenters. The lowest BCUT2D eigenvalue weighted by Crippen LogP contribution is -2.09. The van der Waals surface area contributed by atoms with Gasteiger partial charge in [0, 0.05) is 6.54 Å². The summed E-state index contributed by atoms with van der Waals surface area (Å²) in [5, 5.41) is 13.3. The van der Waals surface area contributed by atoms with Crippen LogP contribution in [0.3, 0.4) is 0 Å². The van der Waals surface area contributed by atoms with Crippen molar-refractivity contribution in [3.63, 3.8) is 0 Å². The number of hydrogen-bond donors (Lipinski definition) is 1. The largest absolute Gasteiger partial charge is 0.316 e. The number of nitro benzene ring substituents is 1. The molecular formula is C10H9Cl2FN2O2. The highest BCUT2D eigenvalue weighted by Gasteiger charge is 2.29. The van der Waals surface area contributed by atoms with E-state index in [-0.39, 0.29) is 10.9 Å². The Morgan fingerprint density at radius 1 is 1.47 bits per heavy atom. The average Bonchev–Trinajstić information content (AvgIpc) is 2.76. The summed E-state index contributed by atoms with van der Waals surface area (Å²) >= 11 is 11.5. The fraction of sp³-hybridized carbons (Fsp3) is 0.400. The smallest absolute Gasteiger partial charge is 0.309 e. The number of nitro groups is 1. The first-order valence-corrected chi connectivity index (χ1v) is 5.80. The van der Waals surface area contributed by atoms with E-state index >= 15 is 0 Å². The molecule has 1 aliphatic heterocycles. The summed E-state index contributed by atoms with van der Waals surface area (Å²) in [7, 11) is 0. The molecule has 0 aromatic heterocycles. The first kappa shape index (κ1) is 12.5. The predicted octanol–water partition coefficient (Wildman–Crippen LogP) is 3.12. The van der Waals surface area contributed by atoms with Crippen LogP contribution in [0.25, 0.3) is 0 Å². The van der Waals surface area contributed by atoms with Crippen molar-refractivity contribution < 1.29 is 9.31 Å². The molecule has 92 valence electrons. The minimum atomic E-state index is -0.801. The molecule has 1 fully saturated rings. The van der Waals surface area contributed by atoms with Gasteiger partial charge in [-0.2, -0.15) is 0 Å². The quantitative estimate of drug-likeness (QED) is 0.514. The fourth-order valence-corrected chi connectivity index (χ4v) is 2.63. The normalized spacial score (nSPS) is 19.6. The first-order valence-electron chi connectivity index (χ1n) is 5.05. The molecule has 0 amide bonds. The topological polar surface area (TPSA) is 55.2 Å². The van der Waals surface area contributed by atoms with Crippen LogP contribution in [-0.2, 0) is 0 Å². The molecular weight excluding hydrogens is 270 g/mol. The third-order valence-corrected chi connectivity index (χ3v) is 3.60. The van der Waals surface area contributed by atoms with Crippen LogP contribution in [0.2, 0.25) is 10.0 Å². The Balaban J connectivity index is 2.57. The second-order valence-electron chi connectivity index (χ2n) is 3.87. The third-order valence-electron chi connectivity index (χ3n) is 2.84. The van der Waals surface area contributed by atoms with E-state index in [4.69, 9.17) is 23.2 Å². The second kappa shape index (κ2) is 4.76. The summed E-state index contributed by atoms with van der Waals surface area (Å²) in [6, 6.07) is 1.19. The zero-order valence-electron chi connectivity index (χ0n) is 8.67. The number of rotatable bonds is 2. The predicted molar refractivity (Wildman–Crippen MR) is 63.3 cm³/mol. The van der Waals surface area contributed by atoms with Gasteiger partial charge in [-0.15, -0.1) is 0 Å². The van der Waals surface area contributed by atoms with Crippen LogP contribution >= 0.6 is 23.2 Å². The van der Waals surface area contributed by atoms with Gasteiger partial charge in [0.2, 0.25) is 0 Å². The molecule has 7 heteroatoms. The first-order chi connectivity index (χ1) is 8.02. The van der Waals surface area contributed by atoms with Gasteiger partial charge in [-0.3, -0.25) is 10.1 Å². The van der Waals surface area contributed by atoms with Crippen LogP contribution in [0.4, 0.5) is 10.1 Å². The summed E-state index contributed by atoms with van der Waals surface area (Å²) in [6.45, 7) is 1.43. The lowest BCUT2D eigenvalue weighted by molar-refractivity contribution is -0.384. The summed E-state index contributed by atoms with van der Waals surface area (Å²) < 4.78 is 13.5. The molecule has 2 rings (SSSR count). The lowest BCUT2D eigenvalue weighted by atomic mass is 9.97. The van der Waals surface area contributed by atoms with E-state index in [0.717, 1.165) is 13.0 Å². The van der Waals surface area contributed by atoms with Gasteiger partial charge in [0.1, 0.15) is 10.8 Å². The third kappa shape index (κ3) is 2.22. The Morgan fingerprint density at radius 2 is 2.18 bits per heavy atom. The van der Waals surface area contributed by atoms with Crippen LogP contribution in [0.1, 0.15) is 17.9 Å². The Bertz CT molecular complexity index is 476. The zero-order valence-corrected chi connectivity index (χ0v) is 10.2. The van der Waals surface area contributed by atoms with E-state index in [0.29, 0.717) is 12.1 Å². The molecule has 1 aromatic carbocycles. The monoisotopic (exact) mass is 278 g/mol. The van der Waals surface area contributed by atoms with Crippen molar-refractivity contribution in [3.05, 3.63) is 37.6 Å². The van der Waals surface area contributed by atoms with Crippen LogP contribution < -0.4 is 5.32 Å². The van der Waals surface area contributed by atoms with E-state index in [9.17, 15) is 14.5 Å². The van der Waals surface area contributed by atoms with Crippen molar-refractivity contribution in [2.24, 2.45) is 0 Å². The van der Waals surface area contributed by atoms with Gasteiger partial charge in [0.15, 0.2) is 5.02 Å². The minimum absolute atomic E-state index is 0.00651. The van der Waals surface area contributed by atoms with Crippen molar-refractivity contribution in [2.75, 3.05) is 13.1 Å². The van der Waals surface area contributed by atoms with E-state index < -0.39 is 21.5 Å². The van der Waals surface area contributed by atoms with E-state index in [1.165, 1.54) is 6.07 Å². The van der Waals surface area contributed by atoms with Crippen molar-refractivity contribution in [1.82, 2.24) is 5.32 Å². The number of nitrogens with zero attached hydrogens (tertiary/aromatic N) is 1. The Hall–Kier alpha value is -0.910. The molecule has 1 N–H and O–H groups in total. The second-order valence-corrected chi connectivity index (χ2v) is 4.63. The standard InChI is InChI=1S/C10H9Cl2FN2O2/c11-8-6(5-1-2-14-4-5)3-7(13)9(12)10(8)15(16)17/h3,5,14H,1-2,4H2. The molecule has 4 nitrogen and oxygen atoms in total. The van der Waals surface area contributed by atoms with E-state index in [1.807, 2.05) is 0 Å². The molecule has 0 aliphatic carbocycles. The Labute approximate surface area is 107 Å². The molecule has 0 radical (unpaired) electrons. The molecule has 1 heterocycles. The molecule has 1 aromatic rings. The summed E-state index contributed by atoms with van der Waals surface area (Å²) in [4.78, 5) is 10.1. The van der Waals surface area contributed by atoms with Gasteiger partial charge < -0.3 is 5.32 Å². The number of nitrogens with one attached hydrogen (secondary N) is 1. The molecule has 17 heavy (non-hydrogen) atoms. The zero-order chi connectivity index (χ0) is 12.6. The maximum atomic E-state index is 13.5. The van der Waals surface area contributed by atoms with E-state index in [1.54, 1.807) is 0 Å². The summed E-state index contributed by atoms with van der Waals surface area (Å²) in [6.07, 6.45) is 0.776. The summed E-state index contributed by atoms with van der Waals surface area (Å²) in [5.74, 6) is -0.808. The molecule has 1 atom stereocenters. The van der Waals surface area contributed by atoms with Crippen molar-refractivity contribution in [1.29, 1.82) is 0 Å². The number of hydrogen-bond acceptors (Lipinski definition) is 3. The molecule has 0 spiro atoms. The van der Waals surface area contributed by atoms with Crippen LogP contribution in [0.5, 0.6) is 0 Å². The highest BCUT2D eigenvalue weighted by atomic mass is 35.5. The maximum Gasteiger partial charge on any atom is 0.309 e.